The molecule has 5 aliphatic rings. The van der Waals surface area contributed by atoms with E-state index in [2.05, 4.69) is 19.9 Å². The minimum Gasteiger partial charge on any atom is -0.469 e. The smallest absolute Gasteiger partial charge is 0.312 e. The Hall–Kier alpha value is -1.32. The summed E-state index contributed by atoms with van der Waals surface area (Å²) in [4.78, 5) is 25.9. The summed E-state index contributed by atoms with van der Waals surface area (Å²) < 4.78 is 11.1. The predicted molar refractivity (Wildman–Crippen MR) is 91.4 cm³/mol. The number of fused-ring (bicyclic) bond motifs is 1. The number of rotatable bonds is 1. The molecule has 0 radical (unpaired) electrons. The van der Waals surface area contributed by atoms with Gasteiger partial charge in [-0.25, -0.2) is 0 Å². The second-order valence-corrected chi connectivity index (χ2v) is 9.59. The average Bonchev–Trinajstić information content (AvgIpc) is 3.00. The van der Waals surface area contributed by atoms with Crippen molar-refractivity contribution in [3.05, 3.63) is 11.6 Å². The molecule has 25 heavy (non-hydrogen) atoms. The van der Waals surface area contributed by atoms with Crippen molar-refractivity contribution < 1.29 is 19.1 Å². The van der Waals surface area contributed by atoms with Crippen LogP contribution in [0.25, 0.3) is 0 Å². The Morgan fingerprint density at radius 2 is 2.12 bits per heavy atom. The van der Waals surface area contributed by atoms with Crippen molar-refractivity contribution in [2.45, 2.75) is 52.4 Å². The first-order chi connectivity index (χ1) is 11.9. The normalized spacial score (nSPS) is 52.8. The number of carbonyl (C=O) groups excluding carboxylic acids is 2. The molecule has 1 saturated heterocycles. The maximum absolute atomic E-state index is 13.1. The van der Waals surface area contributed by atoms with Gasteiger partial charge in [0.05, 0.1) is 25.0 Å². The lowest BCUT2D eigenvalue weighted by Gasteiger charge is -2.55. The van der Waals surface area contributed by atoms with E-state index in [9.17, 15) is 9.59 Å². The molecule has 0 aromatic rings. The van der Waals surface area contributed by atoms with Gasteiger partial charge in [0.2, 0.25) is 0 Å². The molecule has 0 aromatic carbocycles. The summed E-state index contributed by atoms with van der Waals surface area (Å²) >= 11 is 0. The van der Waals surface area contributed by atoms with Crippen LogP contribution in [0.3, 0.4) is 0 Å². The van der Waals surface area contributed by atoms with Crippen molar-refractivity contribution in [3.8, 4) is 0 Å². The number of ether oxygens (including phenoxy) is 2. The Balaban J connectivity index is 1.76. The topological polar surface area (TPSA) is 52.6 Å². The molecule has 1 spiro atoms. The quantitative estimate of drug-likeness (QED) is 0.540. The first kappa shape index (κ1) is 15.9. The van der Waals surface area contributed by atoms with Gasteiger partial charge in [0.25, 0.3) is 0 Å². The van der Waals surface area contributed by atoms with E-state index in [-0.39, 0.29) is 34.6 Å². The molecule has 0 N–H and O–H groups in total. The summed E-state index contributed by atoms with van der Waals surface area (Å²) in [6.45, 7) is 4.79. The van der Waals surface area contributed by atoms with Gasteiger partial charge in [0, 0.05) is 10.8 Å². The third-order valence-electron chi connectivity index (χ3n) is 8.84. The van der Waals surface area contributed by atoms with Crippen LogP contribution in [0.15, 0.2) is 11.6 Å². The third-order valence-corrected chi connectivity index (χ3v) is 8.84. The molecule has 4 aliphatic carbocycles. The van der Waals surface area contributed by atoms with Gasteiger partial charge in [-0.1, -0.05) is 18.1 Å². The Morgan fingerprint density at radius 1 is 1.32 bits per heavy atom. The van der Waals surface area contributed by atoms with E-state index >= 15 is 0 Å². The van der Waals surface area contributed by atoms with Gasteiger partial charge in [-0.05, 0) is 63.7 Å². The van der Waals surface area contributed by atoms with Gasteiger partial charge in [0.1, 0.15) is 0 Å². The highest BCUT2D eigenvalue weighted by Crippen LogP contribution is 2.77. The maximum atomic E-state index is 13.1. The van der Waals surface area contributed by atoms with Crippen LogP contribution in [0, 0.1) is 39.9 Å². The van der Waals surface area contributed by atoms with Crippen LogP contribution in [-0.2, 0) is 19.1 Å². The lowest BCUT2D eigenvalue weighted by atomic mass is 9.51. The molecule has 1 heterocycles. The minimum atomic E-state index is -0.540. The average molecular weight is 344 g/mol. The van der Waals surface area contributed by atoms with Gasteiger partial charge >= 0.3 is 11.9 Å². The van der Waals surface area contributed by atoms with Crippen LogP contribution in [-0.4, -0.2) is 25.7 Å². The number of methoxy groups -OCH3 is 1. The summed E-state index contributed by atoms with van der Waals surface area (Å²) in [6.07, 6.45) is 8.82. The van der Waals surface area contributed by atoms with Crippen LogP contribution in [0.1, 0.15) is 52.4 Å². The largest absolute Gasteiger partial charge is 0.469 e. The molecule has 3 saturated carbocycles. The van der Waals surface area contributed by atoms with Crippen molar-refractivity contribution in [3.63, 3.8) is 0 Å². The Morgan fingerprint density at radius 3 is 2.88 bits per heavy atom. The molecule has 5 rings (SSSR count). The summed E-state index contributed by atoms with van der Waals surface area (Å²) in [5, 5.41) is 0. The van der Waals surface area contributed by atoms with E-state index in [1.165, 1.54) is 19.1 Å². The summed E-state index contributed by atoms with van der Waals surface area (Å²) in [7, 11) is 1.50. The zero-order valence-corrected chi connectivity index (χ0v) is 15.5. The Bertz CT molecular complexity index is 696. The van der Waals surface area contributed by atoms with Crippen LogP contribution in [0.5, 0.6) is 0 Å². The van der Waals surface area contributed by atoms with Crippen molar-refractivity contribution in [1.82, 2.24) is 0 Å². The number of hydrogen-bond donors (Lipinski definition) is 0. The zero-order chi connectivity index (χ0) is 17.6. The van der Waals surface area contributed by atoms with Gasteiger partial charge < -0.3 is 9.47 Å². The second-order valence-electron chi connectivity index (χ2n) is 9.59. The highest BCUT2D eigenvalue weighted by molar-refractivity contribution is 5.82. The lowest BCUT2D eigenvalue weighted by molar-refractivity contribution is -0.201. The van der Waals surface area contributed by atoms with Crippen molar-refractivity contribution in [2.24, 2.45) is 39.9 Å². The molecule has 0 aromatic heterocycles. The fourth-order valence-corrected chi connectivity index (χ4v) is 8.12. The van der Waals surface area contributed by atoms with E-state index in [4.69, 9.17) is 9.47 Å². The van der Waals surface area contributed by atoms with Crippen molar-refractivity contribution in [2.75, 3.05) is 13.7 Å². The molecule has 0 amide bonds. The molecule has 4 fully saturated rings. The van der Waals surface area contributed by atoms with Crippen LogP contribution in [0.4, 0.5) is 0 Å². The molecular weight excluding hydrogens is 316 g/mol. The fourth-order valence-electron chi connectivity index (χ4n) is 8.12. The molecule has 1 aliphatic heterocycles. The number of cyclic esters (lactones) is 1. The van der Waals surface area contributed by atoms with E-state index in [0.717, 1.165) is 32.1 Å². The molecule has 7 atom stereocenters. The Kier molecular flexibility index (Phi) is 2.98. The first-order valence-electron chi connectivity index (χ1n) is 9.83. The van der Waals surface area contributed by atoms with E-state index in [0.29, 0.717) is 18.4 Å². The zero-order valence-electron chi connectivity index (χ0n) is 15.5. The molecule has 4 nitrogen and oxygen atoms in total. The highest BCUT2D eigenvalue weighted by Gasteiger charge is 2.77. The number of esters is 2. The maximum Gasteiger partial charge on any atom is 0.312 e. The van der Waals surface area contributed by atoms with E-state index in [1.807, 2.05) is 0 Å². The van der Waals surface area contributed by atoms with Crippen LogP contribution in [0.2, 0.25) is 0 Å². The predicted octanol–water partition coefficient (Wildman–Crippen LogP) is 3.50. The van der Waals surface area contributed by atoms with Crippen LogP contribution < -0.4 is 0 Å². The van der Waals surface area contributed by atoms with Crippen LogP contribution >= 0.6 is 0 Å². The SMILES string of the molecule is COC(=O)[C@H]1[C@@H]2C3(C)CCC[C@@]2(COC3=O)[C@@H]2CCC3C[C@@]21C=C3C. The van der Waals surface area contributed by atoms with Gasteiger partial charge in [-0.15, -0.1) is 0 Å². The van der Waals surface area contributed by atoms with Gasteiger partial charge in [-0.3, -0.25) is 9.59 Å². The second kappa shape index (κ2) is 4.69. The van der Waals surface area contributed by atoms with E-state index < -0.39 is 5.41 Å². The van der Waals surface area contributed by atoms with Gasteiger partial charge in [-0.2, -0.15) is 0 Å². The molecule has 136 valence electrons. The molecule has 4 bridgehead atoms. The summed E-state index contributed by atoms with van der Waals surface area (Å²) in [5.41, 5.74) is 0.746. The molecule has 4 heteroatoms. The van der Waals surface area contributed by atoms with E-state index in [1.54, 1.807) is 0 Å². The summed E-state index contributed by atoms with van der Waals surface area (Å²) in [5.74, 6) is 0.715. The van der Waals surface area contributed by atoms with Gasteiger partial charge in [0.15, 0.2) is 0 Å². The monoisotopic (exact) mass is 344 g/mol. The lowest BCUT2D eigenvalue weighted by Crippen LogP contribution is -2.58. The van der Waals surface area contributed by atoms with Crippen molar-refractivity contribution in [1.29, 1.82) is 0 Å². The number of hydrogen-bond acceptors (Lipinski definition) is 4. The third kappa shape index (κ3) is 1.61. The number of carbonyl (C=O) groups is 2. The van der Waals surface area contributed by atoms with Crippen molar-refractivity contribution >= 4 is 11.9 Å². The Labute approximate surface area is 149 Å². The first-order valence-corrected chi connectivity index (χ1v) is 9.83. The fraction of sp³-hybridized carbons (Fsp3) is 0.810. The summed E-state index contributed by atoms with van der Waals surface area (Å²) in [6, 6.07) is 0. The number of allylic oxidation sites excluding steroid dienone is 2. The molecular formula is C21H28O4. The highest BCUT2D eigenvalue weighted by atomic mass is 16.5. The minimum absolute atomic E-state index is 0.0359. The molecule has 2 unspecified atom stereocenters. The standard InChI is InChI=1S/C21H28O4/c1-12-9-21-10-13(12)5-6-14(21)20-8-4-7-19(2,18(23)25-11-20)16(20)15(21)17(22)24-3/h9,13-16H,4-8,10-11H2,1-3H3/t13?,14-,15+,16+,19?,20+,21-/m0/s1.